The first kappa shape index (κ1) is 14.6. The summed E-state index contributed by atoms with van der Waals surface area (Å²) in [5.41, 5.74) is 5.14. The highest BCUT2D eigenvalue weighted by Crippen LogP contribution is 2.19. The number of likely N-dealkylation sites (tertiary alicyclic amines) is 1. The van der Waals surface area contributed by atoms with E-state index in [2.05, 4.69) is 11.9 Å². The number of nitrogens with two attached hydrogens (primary N) is 1. The highest BCUT2D eigenvalue weighted by atomic mass is 16.3. The number of piperidine rings is 1. The molecule has 0 atom stereocenters. The number of carbonyl (C=O) groups excluding carboxylic acids is 2. The van der Waals surface area contributed by atoms with E-state index in [4.69, 9.17) is 10.2 Å². The summed E-state index contributed by atoms with van der Waals surface area (Å²) in [4.78, 5) is 27.2. The van der Waals surface area contributed by atoms with Crippen LogP contribution in [0.1, 0.15) is 25.0 Å². The van der Waals surface area contributed by atoms with Crippen LogP contribution in [0.2, 0.25) is 0 Å². The van der Waals surface area contributed by atoms with Crippen LogP contribution in [0.25, 0.3) is 0 Å². The van der Waals surface area contributed by atoms with Crippen LogP contribution in [-0.2, 0) is 16.1 Å². The average molecular weight is 279 g/mol. The van der Waals surface area contributed by atoms with Gasteiger partial charge in [0.15, 0.2) is 0 Å². The predicted octanol–water partition coefficient (Wildman–Crippen LogP) is 0.578. The van der Waals surface area contributed by atoms with Gasteiger partial charge >= 0.3 is 0 Å². The van der Waals surface area contributed by atoms with Crippen LogP contribution >= 0.6 is 0 Å². The maximum atomic E-state index is 12.2. The fourth-order valence-corrected chi connectivity index (χ4v) is 2.55. The Balaban J connectivity index is 2.06. The largest absolute Gasteiger partial charge is 0.467 e. The molecule has 1 aromatic heterocycles. The van der Waals surface area contributed by atoms with Crippen molar-refractivity contribution in [3.05, 3.63) is 24.2 Å². The predicted molar refractivity (Wildman–Crippen MR) is 73.6 cm³/mol. The smallest absolute Gasteiger partial charge is 0.232 e. The van der Waals surface area contributed by atoms with E-state index in [0.717, 1.165) is 31.7 Å². The van der Waals surface area contributed by atoms with Crippen molar-refractivity contribution in [2.75, 3.05) is 20.1 Å². The number of rotatable bonds is 5. The molecular weight excluding hydrogens is 258 g/mol. The Morgan fingerprint density at radius 2 is 2.15 bits per heavy atom. The second-order valence-corrected chi connectivity index (χ2v) is 5.28. The summed E-state index contributed by atoms with van der Waals surface area (Å²) in [5, 5.41) is 0. The molecule has 1 saturated heterocycles. The topological polar surface area (TPSA) is 79.8 Å². The number of nitrogens with zero attached hydrogens (tertiary/aromatic N) is 2. The summed E-state index contributed by atoms with van der Waals surface area (Å²) in [6.07, 6.45) is 3.15. The molecule has 20 heavy (non-hydrogen) atoms. The molecule has 6 nitrogen and oxygen atoms in total. The quantitative estimate of drug-likeness (QED) is 0.799. The van der Waals surface area contributed by atoms with Gasteiger partial charge in [-0.25, -0.2) is 0 Å². The maximum Gasteiger partial charge on any atom is 0.232 e. The molecule has 1 aromatic rings. The van der Waals surface area contributed by atoms with Gasteiger partial charge in [-0.1, -0.05) is 0 Å². The van der Waals surface area contributed by atoms with Gasteiger partial charge in [-0.05, 0) is 45.1 Å². The number of amides is 2. The molecule has 6 heteroatoms. The molecule has 0 aliphatic carbocycles. The first-order chi connectivity index (χ1) is 9.56. The van der Waals surface area contributed by atoms with Crippen LogP contribution in [0.3, 0.4) is 0 Å². The Morgan fingerprint density at radius 1 is 1.45 bits per heavy atom. The molecule has 2 N–H and O–H groups in total. The Hall–Kier alpha value is -1.82. The minimum atomic E-state index is -0.590. The first-order valence-corrected chi connectivity index (χ1v) is 6.85. The average Bonchev–Trinajstić information content (AvgIpc) is 2.89. The van der Waals surface area contributed by atoms with Crippen LogP contribution in [0.4, 0.5) is 0 Å². The second kappa shape index (κ2) is 6.56. The third-order valence-corrected chi connectivity index (χ3v) is 3.68. The van der Waals surface area contributed by atoms with Gasteiger partial charge in [-0.3, -0.25) is 9.59 Å². The van der Waals surface area contributed by atoms with E-state index in [1.165, 1.54) is 0 Å². The molecule has 1 fully saturated rings. The van der Waals surface area contributed by atoms with Crippen molar-refractivity contribution in [3.63, 3.8) is 0 Å². The van der Waals surface area contributed by atoms with Crippen LogP contribution in [0.15, 0.2) is 22.8 Å². The van der Waals surface area contributed by atoms with E-state index in [9.17, 15) is 9.59 Å². The molecule has 0 radical (unpaired) electrons. The molecule has 1 aliphatic heterocycles. The lowest BCUT2D eigenvalue weighted by Gasteiger charge is -2.36. The van der Waals surface area contributed by atoms with Crippen LogP contribution in [0, 0.1) is 0 Å². The van der Waals surface area contributed by atoms with Crippen molar-refractivity contribution >= 4 is 11.8 Å². The molecule has 0 spiro atoms. The van der Waals surface area contributed by atoms with E-state index < -0.39 is 5.91 Å². The lowest BCUT2D eigenvalue weighted by molar-refractivity contribution is -0.138. The van der Waals surface area contributed by atoms with E-state index >= 15 is 0 Å². The third-order valence-electron chi connectivity index (χ3n) is 3.68. The summed E-state index contributed by atoms with van der Waals surface area (Å²) < 4.78 is 5.31. The molecule has 0 unspecified atom stereocenters. The van der Waals surface area contributed by atoms with Gasteiger partial charge in [0, 0.05) is 6.04 Å². The fourth-order valence-electron chi connectivity index (χ4n) is 2.55. The van der Waals surface area contributed by atoms with Gasteiger partial charge in [0.25, 0.3) is 0 Å². The number of hydrogen-bond acceptors (Lipinski definition) is 4. The van der Waals surface area contributed by atoms with Crippen LogP contribution < -0.4 is 5.73 Å². The standard InChI is InChI=1S/C14H21N3O3/c1-16-6-4-11(5-7-16)17(14(19)9-13(15)18)10-12-3-2-8-20-12/h2-3,8,11H,4-7,9-10H2,1H3,(H2,15,18). The molecule has 0 saturated carbocycles. The van der Waals surface area contributed by atoms with Gasteiger partial charge in [0.05, 0.1) is 12.8 Å². The number of carbonyl (C=O) groups is 2. The Labute approximate surface area is 118 Å². The van der Waals surface area contributed by atoms with Gasteiger partial charge in [0.2, 0.25) is 11.8 Å². The normalized spacial score (nSPS) is 17.1. The summed E-state index contributed by atoms with van der Waals surface area (Å²) in [6, 6.07) is 3.77. The van der Waals surface area contributed by atoms with E-state index in [1.807, 2.05) is 6.07 Å². The Kier molecular flexibility index (Phi) is 4.79. The van der Waals surface area contributed by atoms with Crippen LogP contribution in [-0.4, -0.2) is 47.8 Å². The van der Waals surface area contributed by atoms with Crippen molar-refractivity contribution in [3.8, 4) is 0 Å². The third kappa shape index (κ3) is 3.84. The van der Waals surface area contributed by atoms with Gasteiger partial charge in [-0.15, -0.1) is 0 Å². The van der Waals surface area contributed by atoms with Crippen LogP contribution in [0.5, 0.6) is 0 Å². The molecule has 1 aliphatic rings. The van der Waals surface area contributed by atoms with Crippen molar-refractivity contribution in [2.24, 2.45) is 5.73 Å². The molecule has 2 heterocycles. The highest BCUT2D eigenvalue weighted by molar-refractivity contribution is 5.96. The molecule has 0 aromatic carbocycles. The van der Waals surface area contributed by atoms with Crippen molar-refractivity contribution in [1.82, 2.24) is 9.80 Å². The summed E-state index contributed by atoms with van der Waals surface area (Å²) >= 11 is 0. The monoisotopic (exact) mass is 279 g/mol. The zero-order valence-corrected chi connectivity index (χ0v) is 11.7. The first-order valence-electron chi connectivity index (χ1n) is 6.85. The van der Waals surface area contributed by atoms with Crippen molar-refractivity contribution in [1.29, 1.82) is 0 Å². The lowest BCUT2D eigenvalue weighted by Crippen LogP contribution is -2.46. The summed E-state index contributed by atoms with van der Waals surface area (Å²) in [7, 11) is 2.07. The molecular formula is C14H21N3O3. The Bertz CT molecular complexity index is 450. The minimum Gasteiger partial charge on any atom is -0.467 e. The number of furan rings is 1. The number of hydrogen-bond donors (Lipinski definition) is 1. The summed E-state index contributed by atoms with van der Waals surface area (Å²) in [5.74, 6) is -0.0856. The van der Waals surface area contributed by atoms with E-state index in [0.29, 0.717) is 6.54 Å². The zero-order chi connectivity index (χ0) is 14.5. The van der Waals surface area contributed by atoms with E-state index in [1.54, 1.807) is 17.2 Å². The SMILES string of the molecule is CN1CCC(N(Cc2ccco2)C(=O)CC(N)=O)CC1. The molecule has 2 amide bonds. The maximum absolute atomic E-state index is 12.2. The van der Waals surface area contributed by atoms with Crippen molar-refractivity contribution in [2.45, 2.75) is 31.8 Å². The minimum absolute atomic E-state index is 0.142. The van der Waals surface area contributed by atoms with Crippen molar-refractivity contribution < 1.29 is 14.0 Å². The Morgan fingerprint density at radius 3 is 2.70 bits per heavy atom. The lowest BCUT2D eigenvalue weighted by atomic mass is 10.0. The second-order valence-electron chi connectivity index (χ2n) is 5.28. The zero-order valence-electron chi connectivity index (χ0n) is 11.7. The highest BCUT2D eigenvalue weighted by Gasteiger charge is 2.28. The van der Waals surface area contributed by atoms with Gasteiger partial charge in [0.1, 0.15) is 12.2 Å². The molecule has 110 valence electrons. The van der Waals surface area contributed by atoms with Gasteiger partial charge < -0.3 is 20.0 Å². The molecule has 0 bridgehead atoms. The summed E-state index contributed by atoms with van der Waals surface area (Å²) in [6.45, 7) is 2.29. The molecule has 2 rings (SSSR count). The number of primary amides is 1. The van der Waals surface area contributed by atoms with Gasteiger partial charge in [-0.2, -0.15) is 0 Å². The van der Waals surface area contributed by atoms with E-state index in [-0.39, 0.29) is 18.4 Å². The fraction of sp³-hybridized carbons (Fsp3) is 0.571.